The molecule has 3 heterocycles. The molecule has 2 aliphatic heterocycles. The van der Waals surface area contributed by atoms with Gasteiger partial charge in [-0.15, -0.1) is 0 Å². The molecule has 2 saturated heterocycles. The summed E-state index contributed by atoms with van der Waals surface area (Å²) in [6, 6.07) is 6.12. The van der Waals surface area contributed by atoms with Crippen LogP contribution in [-0.4, -0.2) is 66.5 Å². The summed E-state index contributed by atoms with van der Waals surface area (Å²) in [5.74, 6) is 2.55. The van der Waals surface area contributed by atoms with Crippen LogP contribution in [-0.2, 0) is 4.79 Å². The first-order chi connectivity index (χ1) is 11.8. The Morgan fingerprint density at radius 2 is 1.92 bits per heavy atom. The van der Waals surface area contributed by atoms with Crippen LogP contribution in [0, 0.1) is 11.8 Å². The Balaban J connectivity index is 1.25. The van der Waals surface area contributed by atoms with Crippen molar-refractivity contribution in [1.29, 1.82) is 0 Å². The van der Waals surface area contributed by atoms with Gasteiger partial charge in [-0.1, -0.05) is 6.07 Å². The second kappa shape index (κ2) is 7.09. The molecule has 0 radical (unpaired) electrons. The monoisotopic (exact) mass is 328 g/mol. The van der Waals surface area contributed by atoms with Crippen LogP contribution in [0.3, 0.4) is 0 Å². The third-order valence-corrected chi connectivity index (χ3v) is 5.62. The number of nitrogens with zero attached hydrogens (tertiary/aromatic N) is 4. The van der Waals surface area contributed by atoms with Crippen molar-refractivity contribution >= 4 is 11.7 Å². The molecule has 0 N–H and O–H groups in total. The van der Waals surface area contributed by atoms with Crippen molar-refractivity contribution in [3.63, 3.8) is 0 Å². The van der Waals surface area contributed by atoms with Gasteiger partial charge in [-0.25, -0.2) is 4.98 Å². The third kappa shape index (κ3) is 3.72. The summed E-state index contributed by atoms with van der Waals surface area (Å²) < 4.78 is 0. The van der Waals surface area contributed by atoms with Crippen molar-refractivity contribution in [1.82, 2.24) is 14.8 Å². The summed E-state index contributed by atoms with van der Waals surface area (Å²) in [5, 5.41) is 0. The average Bonchev–Trinajstić information content (AvgIpc) is 3.48. The van der Waals surface area contributed by atoms with E-state index in [1.165, 1.54) is 12.8 Å². The van der Waals surface area contributed by atoms with Gasteiger partial charge >= 0.3 is 0 Å². The zero-order valence-electron chi connectivity index (χ0n) is 14.4. The van der Waals surface area contributed by atoms with Crippen molar-refractivity contribution in [2.24, 2.45) is 11.8 Å². The van der Waals surface area contributed by atoms with Crippen LogP contribution in [0.15, 0.2) is 24.4 Å². The molecule has 1 amide bonds. The number of amides is 1. The number of aromatic nitrogens is 1. The quantitative estimate of drug-likeness (QED) is 0.846. The van der Waals surface area contributed by atoms with Gasteiger partial charge in [0.2, 0.25) is 5.91 Å². The van der Waals surface area contributed by atoms with Gasteiger partial charge in [0.05, 0.1) is 0 Å². The Bertz CT molecular complexity index is 552. The number of hydrogen-bond donors (Lipinski definition) is 0. The minimum atomic E-state index is 0.366. The van der Waals surface area contributed by atoms with Crippen LogP contribution in [0.4, 0.5) is 5.82 Å². The molecular weight excluding hydrogens is 300 g/mol. The Morgan fingerprint density at radius 1 is 1.08 bits per heavy atom. The number of carbonyl (C=O) groups is 1. The molecule has 0 aromatic carbocycles. The van der Waals surface area contributed by atoms with E-state index in [-0.39, 0.29) is 0 Å². The fourth-order valence-corrected chi connectivity index (χ4v) is 4.07. The van der Waals surface area contributed by atoms with Crippen molar-refractivity contribution < 1.29 is 4.79 Å². The fourth-order valence-electron chi connectivity index (χ4n) is 4.07. The zero-order chi connectivity index (χ0) is 16.4. The molecule has 3 aliphatic rings. The molecule has 0 spiro atoms. The van der Waals surface area contributed by atoms with Crippen LogP contribution in [0.1, 0.15) is 25.7 Å². The maximum absolute atomic E-state index is 12.3. The van der Waals surface area contributed by atoms with Crippen LogP contribution in [0.2, 0.25) is 0 Å². The van der Waals surface area contributed by atoms with Crippen LogP contribution in [0.25, 0.3) is 0 Å². The first kappa shape index (κ1) is 15.9. The van der Waals surface area contributed by atoms with E-state index in [0.717, 1.165) is 64.5 Å². The van der Waals surface area contributed by atoms with E-state index in [9.17, 15) is 4.79 Å². The van der Waals surface area contributed by atoms with Crippen LogP contribution >= 0.6 is 0 Å². The predicted molar refractivity (Wildman–Crippen MR) is 94.9 cm³/mol. The second-order valence-electron chi connectivity index (χ2n) is 7.54. The predicted octanol–water partition coefficient (Wildman–Crippen LogP) is 1.85. The Kier molecular flexibility index (Phi) is 4.69. The smallest absolute Gasteiger partial charge is 0.225 e. The average molecular weight is 328 g/mol. The normalized spacial score (nSPS) is 25.8. The van der Waals surface area contributed by atoms with Crippen LogP contribution in [0.5, 0.6) is 0 Å². The summed E-state index contributed by atoms with van der Waals surface area (Å²) in [6.07, 6.45) is 6.56. The van der Waals surface area contributed by atoms with E-state index in [1.807, 2.05) is 12.3 Å². The van der Waals surface area contributed by atoms with Gasteiger partial charge < -0.3 is 9.80 Å². The highest BCUT2D eigenvalue weighted by molar-refractivity contribution is 5.81. The number of pyridine rings is 1. The fraction of sp³-hybridized carbons (Fsp3) is 0.684. The molecule has 0 bridgehead atoms. The van der Waals surface area contributed by atoms with Crippen LogP contribution < -0.4 is 4.90 Å². The molecule has 5 heteroatoms. The van der Waals surface area contributed by atoms with E-state index in [2.05, 4.69) is 31.8 Å². The van der Waals surface area contributed by atoms with Gasteiger partial charge in [0.15, 0.2) is 0 Å². The van der Waals surface area contributed by atoms with E-state index >= 15 is 0 Å². The summed E-state index contributed by atoms with van der Waals surface area (Å²) in [5.41, 5.74) is 0. The number of carbonyl (C=O) groups excluding carboxylic acids is 1. The topological polar surface area (TPSA) is 39.7 Å². The summed E-state index contributed by atoms with van der Waals surface area (Å²) in [4.78, 5) is 23.9. The highest BCUT2D eigenvalue weighted by Gasteiger charge is 2.35. The maximum Gasteiger partial charge on any atom is 0.225 e. The first-order valence-electron chi connectivity index (χ1n) is 9.47. The molecule has 4 rings (SSSR count). The van der Waals surface area contributed by atoms with Gasteiger partial charge in [0.1, 0.15) is 5.82 Å². The molecule has 130 valence electrons. The Hall–Kier alpha value is -1.62. The minimum absolute atomic E-state index is 0.366. The molecular formula is C19H28N4O. The molecule has 0 unspecified atom stereocenters. The molecule has 1 atom stereocenters. The maximum atomic E-state index is 12.3. The molecule has 24 heavy (non-hydrogen) atoms. The lowest BCUT2D eigenvalue weighted by atomic mass is 9.96. The summed E-state index contributed by atoms with van der Waals surface area (Å²) >= 11 is 0. The lowest BCUT2D eigenvalue weighted by molar-refractivity contribution is -0.134. The SMILES string of the molecule is O=C(C1CC1)N1CCC[C@@H](CN2CCN(c3ccccn3)CC2)C1. The number of piperazine rings is 1. The minimum Gasteiger partial charge on any atom is -0.354 e. The van der Waals surface area contributed by atoms with Gasteiger partial charge in [0.25, 0.3) is 0 Å². The number of rotatable bonds is 4. The highest BCUT2D eigenvalue weighted by Crippen LogP contribution is 2.32. The zero-order valence-corrected chi connectivity index (χ0v) is 14.4. The number of anilines is 1. The van der Waals surface area contributed by atoms with E-state index in [0.29, 0.717) is 17.7 Å². The largest absolute Gasteiger partial charge is 0.354 e. The van der Waals surface area contributed by atoms with Crippen molar-refractivity contribution in [3.05, 3.63) is 24.4 Å². The lowest BCUT2D eigenvalue weighted by Gasteiger charge is -2.39. The molecule has 1 aromatic heterocycles. The van der Waals surface area contributed by atoms with E-state index in [1.54, 1.807) is 0 Å². The Morgan fingerprint density at radius 3 is 2.62 bits per heavy atom. The molecule has 1 saturated carbocycles. The van der Waals surface area contributed by atoms with Crippen molar-refractivity contribution in [3.8, 4) is 0 Å². The van der Waals surface area contributed by atoms with Crippen molar-refractivity contribution in [2.75, 3.05) is 50.7 Å². The van der Waals surface area contributed by atoms with Crippen molar-refractivity contribution in [2.45, 2.75) is 25.7 Å². The molecule has 1 aromatic rings. The molecule has 1 aliphatic carbocycles. The lowest BCUT2D eigenvalue weighted by Crippen LogP contribution is -2.50. The van der Waals surface area contributed by atoms with E-state index in [4.69, 9.17) is 0 Å². The van der Waals surface area contributed by atoms with Gasteiger partial charge in [-0.2, -0.15) is 0 Å². The summed E-state index contributed by atoms with van der Waals surface area (Å²) in [6.45, 7) is 7.41. The highest BCUT2D eigenvalue weighted by atomic mass is 16.2. The number of hydrogen-bond acceptors (Lipinski definition) is 4. The Labute approximate surface area is 144 Å². The molecule has 3 fully saturated rings. The number of piperidine rings is 1. The van der Waals surface area contributed by atoms with Gasteiger partial charge in [-0.05, 0) is 43.7 Å². The standard InChI is InChI=1S/C19H28N4O/c24-19(17-6-7-17)23-9-3-4-16(15-23)14-21-10-12-22(13-11-21)18-5-1-2-8-20-18/h1-2,5,8,16-17H,3-4,6-7,9-15H2/t16-/m0/s1. The molecule has 5 nitrogen and oxygen atoms in total. The second-order valence-corrected chi connectivity index (χ2v) is 7.54. The number of likely N-dealkylation sites (tertiary alicyclic amines) is 1. The van der Waals surface area contributed by atoms with Gasteiger partial charge in [0, 0.05) is 57.9 Å². The third-order valence-electron chi connectivity index (χ3n) is 5.62. The first-order valence-corrected chi connectivity index (χ1v) is 9.47. The summed E-state index contributed by atoms with van der Waals surface area (Å²) in [7, 11) is 0. The van der Waals surface area contributed by atoms with Gasteiger partial charge in [-0.3, -0.25) is 9.69 Å². The van der Waals surface area contributed by atoms with E-state index < -0.39 is 0 Å².